The monoisotopic (exact) mass is 389 g/mol. The number of fused-ring (bicyclic) bond motifs is 1. The molecule has 0 saturated carbocycles. The van der Waals surface area contributed by atoms with Gasteiger partial charge in [-0.15, -0.1) is 11.3 Å². The maximum Gasteiger partial charge on any atom is 0.335 e. The van der Waals surface area contributed by atoms with Crippen LogP contribution < -0.4 is 5.32 Å². The van der Waals surface area contributed by atoms with E-state index >= 15 is 0 Å². The van der Waals surface area contributed by atoms with Gasteiger partial charge in [0.1, 0.15) is 10.6 Å². The fourth-order valence-electron chi connectivity index (χ4n) is 3.07. The van der Waals surface area contributed by atoms with E-state index in [9.17, 15) is 4.79 Å². The first kappa shape index (κ1) is 18.1. The molecule has 0 bridgehead atoms. The first-order chi connectivity index (χ1) is 13.6. The summed E-state index contributed by atoms with van der Waals surface area (Å²) < 4.78 is 0. The number of aromatic nitrogens is 2. The van der Waals surface area contributed by atoms with Gasteiger partial charge in [0.15, 0.2) is 5.82 Å². The fraction of sp³-hybridized carbons (Fsp3) is 0.136. The van der Waals surface area contributed by atoms with Crippen LogP contribution in [-0.4, -0.2) is 27.6 Å². The van der Waals surface area contributed by atoms with Crippen molar-refractivity contribution in [1.29, 1.82) is 0 Å². The second-order valence-corrected chi connectivity index (χ2v) is 7.40. The average molecular weight is 389 g/mol. The second kappa shape index (κ2) is 7.78. The minimum Gasteiger partial charge on any atom is -0.478 e. The minimum atomic E-state index is -0.944. The lowest BCUT2D eigenvalue weighted by atomic mass is 10.1. The van der Waals surface area contributed by atoms with Crippen molar-refractivity contribution >= 4 is 33.3 Å². The van der Waals surface area contributed by atoms with Crippen molar-refractivity contribution in [3.8, 4) is 11.4 Å². The lowest BCUT2D eigenvalue weighted by Crippen LogP contribution is -2.08. The Kier molecular flexibility index (Phi) is 5.04. The predicted octanol–water partition coefficient (Wildman–Crippen LogP) is 5.02. The number of anilines is 1. The summed E-state index contributed by atoms with van der Waals surface area (Å²) >= 11 is 1.59. The molecule has 0 aliphatic heterocycles. The van der Waals surface area contributed by atoms with Gasteiger partial charge in [0.25, 0.3) is 0 Å². The Morgan fingerprint density at radius 3 is 2.54 bits per heavy atom. The van der Waals surface area contributed by atoms with Crippen molar-refractivity contribution < 1.29 is 9.90 Å². The molecule has 5 nitrogen and oxygen atoms in total. The van der Waals surface area contributed by atoms with E-state index in [1.54, 1.807) is 35.6 Å². The van der Waals surface area contributed by atoms with Crippen LogP contribution >= 0.6 is 11.3 Å². The van der Waals surface area contributed by atoms with E-state index in [0.717, 1.165) is 40.1 Å². The highest BCUT2D eigenvalue weighted by atomic mass is 32.1. The lowest BCUT2D eigenvalue weighted by molar-refractivity contribution is 0.0697. The second-order valence-electron chi connectivity index (χ2n) is 6.54. The zero-order chi connectivity index (χ0) is 19.5. The summed E-state index contributed by atoms with van der Waals surface area (Å²) in [5.74, 6) is 0.463. The number of aromatic carboxylic acids is 1. The summed E-state index contributed by atoms with van der Waals surface area (Å²) in [6.45, 7) is 2.83. The highest BCUT2D eigenvalue weighted by molar-refractivity contribution is 7.17. The first-order valence-electron chi connectivity index (χ1n) is 8.99. The highest BCUT2D eigenvalue weighted by Crippen LogP contribution is 2.31. The molecule has 28 heavy (non-hydrogen) atoms. The molecule has 0 aliphatic rings. The molecular formula is C22H19N3O2S. The Morgan fingerprint density at radius 1 is 1.07 bits per heavy atom. The quantitative estimate of drug-likeness (QED) is 0.484. The number of hydrogen-bond donors (Lipinski definition) is 2. The Morgan fingerprint density at radius 2 is 1.82 bits per heavy atom. The van der Waals surface area contributed by atoms with Gasteiger partial charge in [-0.2, -0.15) is 0 Å². The molecule has 0 aliphatic carbocycles. The minimum absolute atomic E-state index is 0.248. The molecule has 0 spiro atoms. The van der Waals surface area contributed by atoms with Gasteiger partial charge in [-0.25, -0.2) is 14.8 Å². The molecular weight excluding hydrogens is 370 g/mol. The van der Waals surface area contributed by atoms with Gasteiger partial charge in [0, 0.05) is 12.1 Å². The molecule has 0 atom stereocenters. The molecule has 0 unspecified atom stereocenters. The number of benzene rings is 2. The molecule has 4 aromatic rings. The first-order valence-corrected chi connectivity index (χ1v) is 9.87. The van der Waals surface area contributed by atoms with E-state index in [1.165, 1.54) is 5.56 Å². The van der Waals surface area contributed by atoms with Crippen LogP contribution in [0.1, 0.15) is 21.5 Å². The fourth-order valence-corrected chi connectivity index (χ4v) is 3.99. The average Bonchev–Trinajstić information content (AvgIpc) is 3.10. The summed E-state index contributed by atoms with van der Waals surface area (Å²) in [5, 5.41) is 15.7. The molecule has 2 aromatic heterocycles. The summed E-state index contributed by atoms with van der Waals surface area (Å²) in [5.41, 5.74) is 3.46. The van der Waals surface area contributed by atoms with Gasteiger partial charge in [-0.1, -0.05) is 42.5 Å². The predicted molar refractivity (Wildman–Crippen MR) is 113 cm³/mol. The Bertz CT molecular complexity index is 1120. The van der Waals surface area contributed by atoms with Crippen molar-refractivity contribution in [3.63, 3.8) is 0 Å². The zero-order valence-corrected chi connectivity index (χ0v) is 16.2. The van der Waals surface area contributed by atoms with Crippen molar-refractivity contribution in [1.82, 2.24) is 9.97 Å². The molecule has 2 aromatic carbocycles. The number of rotatable bonds is 6. The van der Waals surface area contributed by atoms with Gasteiger partial charge in [-0.3, -0.25) is 0 Å². The van der Waals surface area contributed by atoms with Crippen LogP contribution in [0.2, 0.25) is 0 Å². The number of nitrogens with zero attached hydrogens (tertiary/aromatic N) is 2. The number of carbonyl (C=O) groups is 1. The lowest BCUT2D eigenvalue weighted by Gasteiger charge is -2.10. The summed E-state index contributed by atoms with van der Waals surface area (Å²) in [6.07, 6.45) is 0.901. The zero-order valence-electron chi connectivity index (χ0n) is 15.3. The smallest absolute Gasteiger partial charge is 0.335 e. The number of thiophene rings is 1. The molecule has 4 rings (SSSR count). The third-order valence-corrected chi connectivity index (χ3v) is 5.55. The number of carboxylic acid groups (broad SMARTS) is 1. The van der Waals surface area contributed by atoms with E-state index < -0.39 is 5.97 Å². The van der Waals surface area contributed by atoms with Crippen molar-refractivity contribution in [3.05, 3.63) is 76.7 Å². The number of hydrogen-bond acceptors (Lipinski definition) is 5. The van der Waals surface area contributed by atoms with E-state index in [4.69, 9.17) is 10.1 Å². The highest BCUT2D eigenvalue weighted by Gasteiger charge is 2.13. The normalized spacial score (nSPS) is 10.9. The van der Waals surface area contributed by atoms with Gasteiger partial charge in [-0.05, 0) is 42.0 Å². The maximum atomic E-state index is 11.1. The van der Waals surface area contributed by atoms with E-state index in [-0.39, 0.29) is 5.56 Å². The Balaban J connectivity index is 1.64. The van der Waals surface area contributed by atoms with Crippen molar-refractivity contribution in [2.75, 3.05) is 11.9 Å². The third kappa shape index (κ3) is 3.73. The van der Waals surface area contributed by atoms with Gasteiger partial charge in [0.05, 0.1) is 10.9 Å². The van der Waals surface area contributed by atoms with E-state index in [2.05, 4.69) is 34.7 Å². The van der Waals surface area contributed by atoms with Crippen LogP contribution in [0.4, 0.5) is 5.82 Å². The molecule has 0 fully saturated rings. The topological polar surface area (TPSA) is 75.1 Å². The molecule has 0 saturated heterocycles. The van der Waals surface area contributed by atoms with Crippen molar-refractivity contribution in [2.45, 2.75) is 13.3 Å². The van der Waals surface area contributed by atoms with E-state index in [0.29, 0.717) is 5.82 Å². The van der Waals surface area contributed by atoms with Crippen LogP contribution in [-0.2, 0) is 6.42 Å². The number of nitrogens with one attached hydrogen (secondary N) is 1. The Hall–Kier alpha value is -3.25. The molecule has 0 radical (unpaired) electrons. The van der Waals surface area contributed by atoms with Crippen LogP contribution in [0.3, 0.4) is 0 Å². The number of carboxylic acids is 1. The van der Waals surface area contributed by atoms with Crippen LogP contribution in [0.15, 0.2) is 60.0 Å². The molecule has 140 valence electrons. The number of aryl methyl sites for hydroxylation is 1. The van der Waals surface area contributed by atoms with Crippen LogP contribution in [0.5, 0.6) is 0 Å². The van der Waals surface area contributed by atoms with Gasteiger partial charge < -0.3 is 10.4 Å². The molecule has 0 amide bonds. The Labute approximate surface area is 166 Å². The standard InChI is InChI=1S/C22H19N3O2S/c1-14-13-28-21-18(14)20(23-12-11-15-5-3-2-4-6-15)24-19(25-21)16-7-9-17(10-8-16)22(26)27/h2-10,13H,11-12H2,1H3,(H,26,27)(H,23,24,25). The molecule has 2 N–H and O–H groups in total. The largest absolute Gasteiger partial charge is 0.478 e. The van der Waals surface area contributed by atoms with E-state index in [1.807, 2.05) is 18.2 Å². The summed E-state index contributed by atoms with van der Waals surface area (Å²) in [4.78, 5) is 21.4. The molecule has 2 heterocycles. The van der Waals surface area contributed by atoms with Crippen LogP contribution in [0.25, 0.3) is 21.6 Å². The van der Waals surface area contributed by atoms with Crippen molar-refractivity contribution in [2.24, 2.45) is 0 Å². The summed E-state index contributed by atoms with van der Waals surface area (Å²) in [7, 11) is 0. The molecule has 6 heteroatoms. The van der Waals surface area contributed by atoms with Gasteiger partial charge >= 0.3 is 5.97 Å². The maximum absolute atomic E-state index is 11.1. The van der Waals surface area contributed by atoms with Gasteiger partial charge in [0.2, 0.25) is 0 Å². The summed E-state index contributed by atoms with van der Waals surface area (Å²) in [6, 6.07) is 17.0. The third-order valence-electron chi connectivity index (χ3n) is 4.56. The van der Waals surface area contributed by atoms with Crippen LogP contribution in [0, 0.1) is 6.92 Å². The SMILES string of the molecule is Cc1csc2nc(-c3ccc(C(=O)O)cc3)nc(NCCc3ccccc3)c12.